The van der Waals surface area contributed by atoms with Crippen LogP contribution in [-0.4, -0.2) is 68.6 Å². The second-order valence-corrected chi connectivity index (χ2v) is 10.4. The van der Waals surface area contributed by atoms with Gasteiger partial charge in [-0.05, 0) is 41.7 Å². The lowest BCUT2D eigenvalue weighted by Gasteiger charge is -2.48. The van der Waals surface area contributed by atoms with Crippen molar-refractivity contribution in [2.75, 3.05) is 11.5 Å². The Morgan fingerprint density at radius 2 is 1.41 bits per heavy atom. The number of hydrogen-bond donors (Lipinski definition) is 5. The topological polar surface area (TPSA) is 131 Å². The van der Waals surface area contributed by atoms with Gasteiger partial charge in [-0.25, -0.2) is 0 Å². The molecular formula is C31H35NO7. The first kappa shape index (κ1) is 27.5. The maximum absolute atomic E-state index is 13.3. The van der Waals surface area contributed by atoms with E-state index in [4.69, 9.17) is 4.74 Å². The highest BCUT2D eigenvalue weighted by atomic mass is 16.5. The molecule has 2 heterocycles. The predicted octanol–water partition coefficient (Wildman–Crippen LogP) is 2.29. The summed E-state index contributed by atoms with van der Waals surface area (Å²) in [6, 6.07) is 26.5. The van der Waals surface area contributed by atoms with Crippen molar-refractivity contribution < 1.29 is 35.1 Å². The Morgan fingerprint density at radius 1 is 0.795 bits per heavy atom. The largest absolute Gasteiger partial charge is 0.394 e. The zero-order valence-corrected chi connectivity index (χ0v) is 21.5. The maximum atomic E-state index is 13.3. The molecule has 8 nitrogen and oxygen atoms in total. The van der Waals surface area contributed by atoms with Crippen LogP contribution in [0.5, 0.6) is 0 Å². The molecule has 0 saturated carbocycles. The van der Waals surface area contributed by atoms with Crippen LogP contribution >= 0.6 is 0 Å². The molecule has 8 heteroatoms. The number of amides is 1. The van der Waals surface area contributed by atoms with Crippen molar-refractivity contribution in [3.63, 3.8) is 0 Å². The first-order valence-corrected chi connectivity index (χ1v) is 13.4. The van der Waals surface area contributed by atoms with Crippen molar-refractivity contribution in [1.82, 2.24) is 0 Å². The number of para-hydroxylation sites is 1. The molecule has 2 aliphatic heterocycles. The number of benzene rings is 3. The monoisotopic (exact) mass is 533 g/mol. The van der Waals surface area contributed by atoms with E-state index in [1.54, 1.807) is 4.90 Å². The van der Waals surface area contributed by atoms with Crippen LogP contribution in [0.1, 0.15) is 41.7 Å². The summed E-state index contributed by atoms with van der Waals surface area (Å²) in [6.45, 7) is -0.466. The molecule has 2 aliphatic rings. The first-order valence-electron chi connectivity index (χ1n) is 13.4. The SMILES string of the molecule is O=C1[C@H](CC[C@H](O)c2ccccc2)[C@@H](c2ccc(C[C@@H]3O[C@H](CO)[C@@H](O)[C@H](O)[C@H]3O)cc2)N1c1ccccc1. The fourth-order valence-corrected chi connectivity index (χ4v) is 5.70. The molecule has 8 atom stereocenters. The standard InChI is InChI=1S/C31H35NO7/c33-18-26-29(36)30(37)28(35)25(39-26)17-19-11-13-21(14-12-19)27-23(15-16-24(34)20-7-3-1-4-8-20)31(38)32(27)22-9-5-2-6-10-22/h1-14,23-30,33-37H,15-18H2/t23-,24+,25+,26-,27-,28+,29-,30-/m1/s1. The highest BCUT2D eigenvalue weighted by Gasteiger charge is 2.48. The van der Waals surface area contributed by atoms with Gasteiger partial charge in [0.1, 0.15) is 24.4 Å². The molecule has 1 amide bonds. The number of carbonyl (C=O) groups excluding carboxylic acids is 1. The van der Waals surface area contributed by atoms with Crippen LogP contribution in [0.4, 0.5) is 5.69 Å². The Kier molecular flexibility index (Phi) is 8.42. The van der Waals surface area contributed by atoms with Crippen molar-refractivity contribution in [3.05, 3.63) is 102 Å². The van der Waals surface area contributed by atoms with E-state index in [0.29, 0.717) is 12.8 Å². The number of nitrogens with zero attached hydrogens (tertiary/aromatic N) is 1. The summed E-state index contributed by atoms with van der Waals surface area (Å²) in [5.41, 5.74) is 3.45. The van der Waals surface area contributed by atoms with E-state index in [1.165, 1.54) is 0 Å². The van der Waals surface area contributed by atoms with Crippen LogP contribution in [-0.2, 0) is 16.0 Å². The third-order valence-electron chi connectivity index (χ3n) is 7.93. The van der Waals surface area contributed by atoms with Gasteiger partial charge in [0, 0.05) is 12.1 Å². The molecular weight excluding hydrogens is 498 g/mol. The van der Waals surface area contributed by atoms with E-state index >= 15 is 0 Å². The van der Waals surface area contributed by atoms with Crippen molar-refractivity contribution in [2.24, 2.45) is 5.92 Å². The molecule has 0 spiro atoms. The minimum atomic E-state index is -1.41. The number of aliphatic hydroxyl groups excluding tert-OH is 5. The Morgan fingerprint density at radius 3 is 2.05 bits per heavy atom. The highest BCUT2D eigenvalue weighted by Crippen LogP contribution is 2.46. The lowest BCUT2D eigenvalue weighted by atomic mass is 9.78. The average molecular weight is 534 g/mol. The predicted molar refractivity (Wildman–Crippen MR) is 145 cm³/mol. The second kappa shape index (κ2) is 12.0. The van der Waals surface area contributed by atoms with Gasteiger partial charge in [0.15, 0.2) is 0 Å². The molecule has 0 unspecified atom stereocenters. The number of anilines is 1. The highest BCUT2D eigenvalue weighted by molar-refractivity contribution is 6.03. The lowest BCUT2D eigenvalue weighted by Crippen LogP contribution is -2.59. The summed E-state index contributed by atoms with van der Waals surface area (Å²) in [4.78, 5) is 15.1. The normalized spacial score (nSPS) is 29.6. The number of β-lactam (4-membered cyclic amide) rings is 1. The van der Waals surface area contributed by atoms with Gasteiger partial charge in [-0.3, -0.25) is 4.79 Å². The molecule has 3 aromatic carbocycles. The summed E-state index contributed by atoms with van der Waals surface area (Å²) < 4.78 is 5.65. The number of aliphatic hydroxyl groups is 5. The summed E-state index contributed by atoms with van der Waals surface area (Å²) in [5.74, 6) is -0.253. The van der Waals surface area contributed by atoms with Gasteiger partial charge in [-0.2, -0.15) is 0 Å². The Labute approximate surface area is 227 Å². The molecule has 206 valence electrons. The lowest BCUT2D eigenvalue weighted by molar-refractivity contribution is -0.228. The van der Waals surface area contributed by atoms with Gasteiger partial charge in [-0.1, -0.05) is 72.8 Å². The Balaban J connectivity index is 1.32. The van der Waals surface area contributed by atoms with E-state index in [9.17, 15) is 30.3 Å². The molecule has 0 aromatic heterocycles. The zero-order valence-electron chi connectivity index (χ0n) is 21.5. The van der Waals surface area contributed by atoms with Crippen LogP contribution in [0.25, 0.3) is 0 Å². The van der Waals surface area contributed by atoms with Crippen molar-refractivity contribution in [1.29, 1.82) is 0 Å². The van der Waals surface area contributed by atoms with Crippen LogP contribution in [0.2, 0.25) is 0 Å². The molecule has 0 bridgehead atoms. The zero-order chi connectivity index (χ0) is 27.5. The van der Waals surface area contributed by atoms with Gasteiger partial charge in [-0.15, -0.1) is 0 Å². The van der Waals surface area contributed by atoms with E-state index in [1.807, 2.05) is 84.9 Å². The van der Waals surface area contributed by atoms with E-state index in [-0.39, 0.29) is 24.3 Å². The average Bonchev–Trinajstić information content (AvgIpc) is 2.97. The second-order valence-electron chi connectivity index (χ2n) is 10.4. The summed E-state index contributed by atoms with van der Waals surface area (Å²) in [5, 5.41) is 50.7. The molecule has 2 saturated heterocycles. The quantitative estimate of drug-likeness (QED) is 0.267. The number of rotatable bonds is 9. The van der Waals surface area contributed by atoms with Crippen LogP contribution < -0.4 is 4.90 Å². The van der Waals surface area contributed by atoms with Crippen molar-refractivity contribution >= 4 is 11.6 Å². The van der Waals surface area contributed by atoms with Gasteiger partial charge < -0.3 is 35.2 Å². The van der Waals surface area contributed by atoms with E-state index in [0.717, 1.165) is 22.4 Å². The number of ether oxygens (including phenoxy) is 1. The molecule has 2 fully saturated rings. The van der Waals surface area contributed by atoms with Crippen LogP contribution in [0.3, 0.4) is 0 Å². The summed E-state index contributed by atoms with van der Waals surface area (Å²) >= 11 is 0. The van der Waals surface area contributed by atoms with Gasteiger partial charge in [0.25, 0.3) is 0 Å². The van der Waals surface area contributed by atoms with Crippen LogP contribution in [0, 0.1) is 5.92 Å². The van der Waals surface area contributed by atoms with Crippen molar-refractivity contribution in [3.8, 4) is 0 Å². The van der Waals surface area contributed by atoms with E-state index in [2.05, 4.69) is 0 Å². The van der Waals surface area contributed by atoms with Crippen molar-refractivity contribution in [2.45, 2.75) is 61.9 Å². The van der Waals surface area contributed by atoms with E-state index < -0.39 is 43.2 Å². The fourth-order valence-electron chi connectivity index (χ4n) is 5.70. The maximum Gasteiger partial charge on any atom is 0.233 e. The smallest absolute Gasteiger partial charge is 0.233 e. The molecule has 39 heavy (non-hydrogen) atoms. The minimum absolute atomic E-state index is 0.0249. The molecule has 5 N–H and O–H groups in total. The molecule has 3 aromatic rings. The Hall–Kier alpha value is -3.11. The summed E-state index contributed by atoms with van der Waals surface area (Å²) in [7, 11) is 0. The number of hydrogen-bond acceptors (Lipinski definition) is 7. The number of carbonyl (C=O) groups is 1. The molecule has 0 radical (unpaired) electrons. The molecule has 0 aliphatic carbocycles. The Bertz CT molecular complexity index is 1220. The third-order valence-corrected chi connectivity index (χ3v) is 7.93. The van der Waals surface area contributed by atoms with Gasteiger partial charge in [0.05, 0.1) is 30.8 Å². The minimum Gasteiger partial charge on any atom is -0.394 e. The van der Waals surface area contributed by atoms with Gasteiger partial charge in [0.2, 0.25) is 5.91 Å². The van der Waals surface area contributed by atoms with Gasteiger partial charge >= 0.3 is 0 Å². The van der Waals surface area contributed by atoms with Crippen LogP contribution in [0.15, 0.2) is 84.9 Å². The molecule has 5 rings (SSSR count). The first-order chi connectivity index (χ1) is 18.9. The summed E-state index contributed by atoms with van der Waals surface area (Å²) in [6.07, 6.45) is -5.18. The fraction of sp³-hybridized carbons (Fsp3) is 0.387. The third kappa shape index (κ3) is 5.63.